The fourth-order valence-electron chi connectivity index (χ4n) is 1.32. The highest BCUT2D eigenvalue weighted by molar-refractivity contribution is 9.09. The van der Waals surface area contributed by atoms with Gasteiger partial charge in [0.05, 0.1) is 5.69 Å². The zero-order chi connectivity index (χ0) is 10.8. The van der Waals surface area contributed by atoms with Crippen LogP contribution in [-0.2, 0) is 6.42 Å². The van der Waals surface area contributed by atoms with Crippen molar-refractivity contribution in [3.63, 3.8) is 0 Å². The summed E-state index contributed by atoms with van der Waals surface area (Å²) < 4.78 is 1.28. The highest BCUT2D eigenvalue weighted by Gasteiger charge is 2.06. The van der Waals surface area contributed by atoms with Gasteiger partial charge >= 0.3 is 5.69 Å². The van der Waals surface area contributed by atoms with E-state index in [1.165, 1.54) is 4.52 Å². The van der Waals surface area contributed by atoms with Gasteiger partial charge in [-0.1, -0.05) is 22.9 Å². The standard InChI is InChI=1S/C9H11BrN4O/c1-2-6(10)5-7-3-4-8-11-12-9(15)14(8)13-7/h3-4,6H,2,5H2,1H3,(H,12,15). The summed E-state index contributed by atoms with van der Waals surface area (Å²) >= 11 is 3.54. The Kier molecular flexibility index (Phi) is 2.86. The van der Waals surface area contributed by atoms with Crippen molar-refractivity contribution in [2.75, 3.05) is 0 Å². The van der Waals surface area contributed by atoms with Crippen molar-refractivity contribution in [2.24, 2.45) is 0 Å². The highest BCUT2D eigenvalue weighted by atomic mass is 79.9. The first-order chi connectivity index (χ1) is 7.20. The molecule has 80 valence electrons. The number of nitrogens with one attached hydrogen (secondary N) is 1. The Morgan fingerprint density at radius 2 is 2.40 bits per heavy atom. The Labute approximate surface area is 94.6 Å². The van der Waals surface area contributed by atoms with Crippen molar-refractivity contribution in [1.29, 1.82) is 0 Å². The lowest BCUT2D eigenvalue weighted by molar-refractivity contribution is 0.761. The molecule has 0 amide bonds. The molecular formula is C9H11BrN4O. The Bertz CT molecular complexity index is 518. The van der Waals surface area contributed by atoms with Crippen molar-refractivity contribution >= 4 is 21.6 Å². The number of fused-ring (bicyclic) bond motifs is 1. The van der Waals surface area contributed by atoms with Crippen LogP contribution in [0.4, 0.5) is 0 Å². The molecule has 0 spiro atoms. The van der Waals surface area contributed by atoms with Crippen LogP contribution in [0.3, 0.4) is 0 Å². The first-order valence-electron chi connectivity index (χ1n) is 4.78. The zero-order valence-corrected chi connectivity index (χ0v) is 9.86. The summed E-state index contributed by atoms with van der Waals surface area (Å²) in [6.45, 7) is 2.10. The van der Waals surface area contributed by atoms with Gasteiger partial charge in [-0.3, -0.25) is 0 Å². The molecule has 0 saturated carbocycles. The Balaban J connectivity index is 2.37. The van der Waals surface area contributed by atoms with Crippen molar-refractivity contribution in [2.45, 2.75) is 24.6 Å². The third-order valence-corrected chi connectivity index (χ3v) is 3.17. The maximum absolute atomic E-state index is 11.3. The number of hydrogen-bond acceptors (Lipinski definition) is 3. The third kappa shape index (κ3) is 2.09. The maximum Gasteiger partial charge on any atom is 0.364 e. The van der Waals surface area contributed by atoms with Gasteiger partial charge in [-0.05, 0) is 18.6 Å². The summed E-state index contributed by atoms with van der Waals surface area (Å²) in [7, 11) is 0. The molecule has 1 atom stereocenters. The molecule has 1 N–H and O–H groups in total. The number of alkyl halides is 1. The molecule has 0 bridgehead atoms. The second-order valence-corrected chi connectivity index (χ2v) is 4.63. The van der Waals surface area contributed by atoms with Crippen LogP contribution in [0.1, 0.15) is 19.0 Å². The van der Waals surface area contributed by atoms with E-state index in [1.807, 2.05) is 6.07 Å². The van der Waals surface area contributed by atoms with Gasteiger partial charge in [-0.15, -0.1) is 0 Å². The molecule has 2 aromatic rings. The van der Waals surface area contributed by atoms with Crippen LogP contribution in [-0.4, -0.2) is 24.6 Å². The van der Waals surface area contributed by atoms with E-state index in [0.29, 0.717) is 10.5 Å². The topological polar surface area (TPSA) is 63.0 Å². The van der Waals surface area contributed by atoms with E-state index in [1.54, 1.807) is 6.07 Å². The number of H-pyrrole nitrogens is 1. The summed E-state index contributed by atoms with van der Waals surface area (Å²) in [4.78, 5) is 11.7. The molecule has 0 aromatic carbocycles. The SMILES string of the molecule is CCC(Br)Cc1ccc2n[nH]c(=O)n2n1. The average molecular weight is 271 g/mol. The average Bonchev–Trinajstić information content (AvgIpc) is 2.60. The van der Waals surface area contributed by atoms with Crippen molar-refractivity contribution < 1.29 is 0 Å². The van der Waals surface area contributed by atoms with E-state index in [0.717, 1.165) is 18.5 Å². The lowest BCUT2D eigenvalue weighted by atomic mass is 10.2. The van der Waals surface area contributed by atoms with Gasteiger partial charge in [0.15, 0.2) is 5.65 Å². The second kappa shape index (κ2) is 4.14. The minimum absolute atomic E-state index is 0.297. The fraction of sp³-hybridized carbons (Fsp3) is 0.444. The molecule has 0 saturated heterocycles. The predicted octanol–water partition coefficient (Wildman–Crippen LogP) is 1.13. The Morgan fingerprint density at radius 3 is 3.13 bits per heavy atom. The molecule has 6 heteroatoms. The lowest BCUT2D eigenvalue weighted by Gasteiger charge is -2.04. The fourth-order valence-corrected chi connectivity index (χ4v) is 1.65. The second-order valence-electron chi connectivity index (χ2n) is 3.33. The first-order valence-corrected chi connectivity index (χ1v) is 5.69. The molecule has 5 nitrogen and oxygen atoms in total. The number of nitrogens with zero attached hydrogens (tertiary/aromatic N) is 3. The van der Waals surface area contributed by atoms with Crippen molar-refractivity contribution in [3.8, 4) is 0 Å². The van der Waals surface area contributed by atoms with Crippen LogP contribution >= 0.6 is 15.9 Å². The van der Waals surface area contributed by atoms with E-state index in [9.17, 15) is 4.79 Å². The van der Waals surface area contributed by atoms with E-state index in [-0.39, 0.29) is 5.69 Å². The van der Waals surface area contributed by atoms with Crippen molar-refractivity contribution in [1.82, 2.24) is 19.8 Å². The van der Waals surface area contributed by atoms with Gasteiger partial charge in [0.25, 0.3) is 0 Å². The number of rotatable bonds is 3. The Hall–Kier alpha value is -1.17. The maximum atomic E-state index is 11.3. The van der Waals surface area contributed by atoms with Gasteiger partial charge in [-0.2, -0.15) is 14.7 Å². The lowest BCUT2D eigenvalue weighted by Crippen LogP contribution is -2.14. The van der Waals surface area contributed by atoms with E-state index in [2.05, 4.69) is 38.1 Å². The van der Waals surface area contributed by atoms with Crippen LogP contribution in [0.25, 0.3) is 5.65 Å². The molecule has 0 radical (unpaired) electrons. The normalized spacial score (nSPS) is 13.2. The molecule has 0 aliphatic heterocycles. The third-order valence-electron chi connectivity index (χ3n) is 2.20. The molecule has 0 aliphatic rings. The molecule has 1 unspecified atom stereocenters. The monoisotopic (exact) mass is 270 g/mol. The highest BCUT2D eigenvalue weighted by Crippen LogP contribution is 2.10. The molecular weight excluding hydrogens is 260 g/mol. The number of aromatic amines is 1. The summed E-state index contributed by atoms with van der Waals surface area (Å²) in [5.41, 5.74) is 1.13. The quantitative estimate of drug-likeness (QED) is 0.851. The van der Waals surface area contributed by atoms with Crippen LogP contribution in [0.5, 0.6) is 0 Å². The van der Waals surface area contributed by atoms with Crippen molar-refractivity contribution in [3.05, 3.63) is 28.3 Å². The zero-order valence-electron chi connectivity index (χ0n) is 8.27. The number of hydrogen-bond donors (Lipinski definition) is 1. The van der Waals surface area contributed by atoms with Crippen LogP contribution < -0.4 is 5.69 Å². The van der Waals surface area contributed by atoms with Crippen LogP contribution in [0.15, 0.2) is 16.9 Å². The molecule has 15 heavy (non-hydrogen) atoms. The smallest absolute Gasteiger partial charge is 0.244 e. The van der Waals surface area contributed by atoms with Gasteiger partial charge in [-0.25, -0.2) is 9.89 Å². The van der Waals surface area contributed by atoms with E-state index >= 15 is 0 Å². The minimum atomic E-state index is -0.297. The predicted molar refractivity (Wildman–Crippen MR) is 60.3 cm³/mol. The van der Waals surface area contributed by atoms with Gasteiger partial charge in [0.2, 0.25) is 0 Å². The largest absolute Gasteiger partial charge is 0.364 e. The van der Waals surface area contributed by atoms with Crippen LogP contribution in [0.2, 0.25) is 0 Å². The van der Waals surface area contributed by atoms with Crippen LogP contribution in [0, 0.1) is 0 Å². The van der Waals surface area contributed by atoms with Gasteiger partial charge in [0, 0.05) is 11.2 Å². The van der Waals surface area contributed by atoms with E-state index < -0.39 is 0 Å². The number of aromatic nitrogens is 4. The summed E-state index contributed by atoms with van der Waals surface area (Å²) in [6, 6.07) is 3.68. The number of halogens is 1. The molecule has 2 aromatic heterocycles. The van der Waals surface area contributed by atoms with Gasteiger partial charge < -0.3 is 0 Å². The molecule has 0 aliphatic carbocycles. The molecule has 2 heterocycles. The van der Waals surface area contributed by atoms with E-state index in [4.69, 9.17) is 0 Å². The Morgan fingerprint density at radius 1 is 1.60 bits per heavy atom. The molecule has 0 fully saturated rings. The summed E-state index contributed by atoms with van der Waals surface area (Å²) in [5.74, 6) is 0. The first kappa shape index (κ1) is 10.4. The molecule has 2 rings (SSSR count). The van der Waals surface area contributed by atoms with Gasteiger partial charge in [0.1, 0.15) is 0 Å². The summed E-state index contributed by atoms with van der Waals surface area (Å²) in [5, 5.41) is 10.4. The summed E-state index contributed by atoms with van der Waals surface area (Å²) in [6.07, 6.45) is 1.84. The minimum Gasteiger partial charge on any atom is -0.244 e.